The van der Waals surface area contributed by atoms with Crippen LogP contribution >= 0.6 is 23.7 Å². The van der Waals surface area contributed by atoms with E-state index < -0.39 is 11.6 Å². The van der Waals surface area contributed by atoms with Crippen LogP contribution in [0.25, 0.3) is 10.2 Å². The Kier molecular flexibility index (Phi) is 7.51. The van der Waals surface area contributed by atoms with Gasteiger partial charge in [-0.3, -0.25) is 9.69 Å². The zero-order valence-corrected chi connectivity index (χ0v) is 18.3. The van der Waals surface area contributed by atoms with Crippen molar-refractivity contribution >= 4 is 50.7 Å². The highest BCUT2D eigenvalue weighted by Gasteiger charge is 2.22. The third kappa shape index (κ3) is 5.20. The number of hydrogen-bond acceptors (Lipinski definition) is 5. The summed E-state index contributed by atoms with van der Waals surface area (Å²) in [7, 11) is 7.66. The summed E-state index contributed by atoms with van der Waals surface area (Å²) in [6, 6.07) is 9.29. The van der Waals surface area contributed by atoms with Gasteiger partial charge in [-0.25, -0.2) is 13.8 Å². The molecule has 0 radical (unpaired) electrons. The lowest BCUT2D eigenvalue weighted by Crippen LogP contribution is -2.36. The first-order chi connectivity index (χ1) is 13.3. The monoisotopic (exact) mass is 440 g/mol. The highest BCUT2D eigenvalue weighted by Crippen LogP contribution is 2.32. The maximum atomic E-state index is 14.1. The molecule has 5 nitrogen and oxygen atoms in total. The Morgan fingerprint density at radius 3 is 2.28 bits per heavy atom. The van der Waals surface area contributed by atoms with Crippen LogP contribution in [0.4, 0.5) is 19.6 Å². The third-order valence-corrected chi connectivity index (χ3v) is 5.30. The second kappa shape index (κ2) is 9.47. The smallest absolute Gasteiger partial charge is 0.260 e. The maximum absolute atomic E-state index is 14.1. The Morgan fingerprint density at radius 2 is 1.69 bits per heavy atom. The number of likely N-dealkylation sites (N-methyl/N-ethyl adjacent to an activating group) is 1. The second-order valence-electron chi connectivity index (χ2n) is 6.93. The van der Waals surface area contributed by atoms with Gasteiger partial charge in [-0.15, -0.1) is 12.4 Å². The van der Waals surface area contributed by atoms with E-state index in [9.17, 15) is 13.6 Å². The van der Waals surface area contributed by atoms with E-state index in [1.165, 1.54) is 11.0 Å². The van der Waals surface area contributed by atoms with Gasteiger partial charge in [-0.05, 0) is 44.4 Å². The molecule has 0 spiro atoms. The molecular formula is C20H23ClF2N4OS. The van der Waals surface area contributed by atoms with Gasteiger partial charge in [0.15, 0.2) is 10.9 Å². The molecule has 0 atom stereocenters. The number of anilines is 2. The molecule has 0 aliphatic carbocycles. The summed E-state index contributed by atoms with van der Waals surface area (Å²) in [6.07, 6.45) is 0. The van der Waals surface area contributed by atoms with Gasteiger partial charge in [0.1, 0.15) is 11.3 Å². The number of aromatic nitrogens is 1. The standard InChI is InChI=1S/C20H22F2N4OS.ClH/c1-24(2)9-10-26(19(27)13-5-7-15(8-6-13)25(3)4)20-23-18-16(22)11-14(21)12-17(18)28-20;/h5-8,11-12H,9-10H2,1-4H3;1H. The number of nitrogens with zero attached hydrogens (tertiary/aromatic N) is 4. The van der Waals surface area contributed by atoms with Crippen molar-refractivity contribution in [2.24, 2.45) is 0 Å². The summed E-state index contributed by atoms with van der Waals surface area (Å²) < 4.78 is 28.0. The van der Waals surface area contributed by atoms with Crippen molar-refractivity contribution in [3.8, 4) is 0 Å². The molecule has 0 N–H and O–H groups in total. The van der Waals surface area contributed by atoms with E-state index in [1.54, 1.807) is 12.1 Å². The van der Waals surface area contributed by atoms with E-state index in [4.69, 9.17) is 0 Å². The van der Waals surface area contributed by atoms with Crippen molar-refractivity contribution in [1.29, 1.82) is 0 Å². The Labute approximate surface area is 179 Å². The lowest BCUT2D eigenvalue weighted by atomic mass is 10.1. The predicted molar refractivity (Wildman–Crippen MR) is 118 cm³/mol. The van der Waals surface area contributed by atoms with Crippen LogP contribution in [0.2, 0.25) is 0 Å². The van der Waals surface area contributed by atoms with Crippen molar-refractivity contribution in [2.75, 3.05) is 51.1 Å². The molecule has 3 rings (SSSR count). The Morgan fingerprint density at radius 1 is 1.03 bits per heavy atom. The van der Waals surface area contributed by atoms with Gasteiger partial charge in [-0.1, -0.05) is 11.3 Å². The summed E-state index contributed by atoms with van der Waals surface area (Å²) in [5.41, 5.74) is 1.57. The maximum Gasteiger partial charge on any atom is 0.260 e. The van der Waals surface area contributed by atoms with Crippen LogP contribution in [0, 0.1) is 11.6 Å². The van der Waals surface area contributed by atoms with E-state index in [0.29, 0.717) is 28.5 Å². The summed E-state index contributed by atoms with van der Waals surface area (Å²) in [5, 5.41) is 0.350. The minimum absolute atomic E-state index is 0. The van der Waals surface area contributed by atoms with Crippen molar-refractivity contribution < 1.29 is 13.6 Å². The normalized spacial score (nSPS) is 10.9. The van der Waals surface area contributed by atoms with Crippen molar-refractivity contribution in [3.63, 3.8) is 0 Å². The van der Waals surface area contributed by atoms with Crippen LogP contribution in [0.1, 0.15) is 10.4 Å². The SMILES string of the molecule is CN(C)CCN(C(=O)c1ccc(N(C)C)cc1)c1nc2c(F)cc(F)cc2s1.Cl. The lowest BCUT2D eigenvalue weighted by molar-refractivity contribution is 0.0985. The average molecular weight is 441 g/mol. The van der Waals surface area contributed by atoms with Gasteiger partial charge in [0.25, 0.3) is 5.91 Å². The predicted octanol–water partition coefficient (Wildman–Crippen LogP) is 4.27. The quantitative estimate of drug-likeness (QED) is 0.574. The number of fused-ring (bicyclic) bond motifs is 1. The van der Waals surface area contributed by atoms with E-state index in [1.807, 2.05) is 50.1 Å². The zero-order valence-electron chi connectivity index (χ0n) is 16.6. The van der Waals surface area contributed by atoms with E-state index in [-0.39, 0.29) is 23.8 Å². The highest BCUT2D eigenvalue weighted by atomic mass is 35.5. The van der Waals surface area contributed by atoms with Crippen molar-refractivity contribution in [1.82, 2.24) is 9.88 Å². The molecule has 2 aromatic carbocycles. The number of carbonyl (C=O) groups excluding carboxylic acids is 1. The molecule has 1 amide bonds. The van der Waals surface area contributed by atoms with Crippen LogP contribution in [0.5, 0.6) is 0 Å². The Balaban J connectivity index is 0.00000300. The van der Waals surface area contributed by atoms with Crippen LogP contribution < -0.4 is 9.80 Å². The molecule has 29 heavy (non-hydrogen) atoms. The molecule has 0 aliphatic rings. The number of hydrogen-bond donors (Lipinski definition) is 0. The number of halogens is 3. The minimum Gasteiger partial charge on any atom is -0.378 e. The summed E-state index contributed by atoms with van der Waals surface area (Å²) in [4.78, 5) is 22.9. The number of amides is 1. The highest BCUT2D eigenvalue weighted by molar-refractivity contribution is 7.22. The molecule has 1 heterocycles. The minimum atomic E-state index is -0.729. The largest absolute Gasteiger partial charge is 0.378 e. The first-order valence-corrected chi connectivity index (χ1v) is 9.57. The van der Waals surface area contributed by atoms with Gasteiger partial charge < -0.3 is 9.80 Å². The van der Waals surface area contributed by atoms with E-state index in [0.717, 1.165) is 23.1 Å². The topological polar surface area (TPSA) is 39.7 Å². The molecule has 0 aliphatic heterocycles. The first-order valence-electron chi connectivity index (χ1n) is 8.76. The van der Waals surface area contributed by atoms with Gasteiger partial charge >= 0.3 is 0 Å². The Hall–Kier alpha value is -2.29. The van der Waals surface area contributed by atoms with Crippen molar-refractivity contribution in [2.45, 2.75) is 0 Å². The molecule has 0 saturated heterocycles. The number of benzene rings is 2. The molecule has 3 aromatic rings. The Bertz CT molecular complexity index is 992. The zero-order chi connectivity index (χ0) is 20.4. The number of thiazole rings is 1. The molecule has 1 aromatic heterocycles. The molecule has 0 fully saturated rings. The molecule has 0 bridgehead atoms. The summed E-state index contributed by atoms with van der Waals surface area (Å²) in [5.74, 6) is -1.62. The molecule has 156 valence electrons. The second-order valence-corrected chi connectivity index (χ2v) is 7.94. The molecule has 0 unspecified atom stereocenters. The summed E-state index contributed by atoms with van der Waals surface area (Å²) in [6.45, 7) is 0.986. The van der Waals surface area contributed by atoms with Crippen molar-refractivity contribution in [3.05, 3.63) is 53.6 Å². The van der Waals surface area contributed by atoms with Crippen LogP contribution in [0.15, 0.2) is 36.4 Å². The van der Waals surface area contributed by atoms with Gasteiger partial charge in [0, 0.05) is 44.5 Å². The summed E-state index contributed by atoms with van der Waals surface area (Å²) >= 11 is 1.10. The fraction of sp³-hybridized carbons (Fsp3) is 0.300. The fourth-order valence-electron chi connectivity index (χ4n) is 2.70. The third-order valence-electron chi connectivity index (χ3n) is 4.28. The first kappa shape index (κ1) is 23.0. The van der Waals surface area contributed by atoms with Gasteiger partial charge in [0.05, 0.1) is 4.70 Å². The number of carbonyl (C=O) groups is 1. The van der Waals surface area contributed by atoms with E-state index in [2.05, 4.69) is 4.98 Å². The molecule has 9 heteroatoms. The van der Waals surface area contributed by atoms with Crippen LogP contribution in [-0.4, -0.2) is 57.1 Å². The van der Waals surface area contributed by atoms with Crippen LogP contribution in [0.3, 0.4) is 0 Å². The van der Waals surface area contributed by atoms with Gasteiger partial charge in [-0.2, -0.15) is 0 Å². The molecular weight excluding hydrogens is 418 g/mol. The van der Waals surface area contributed by atoms with E-state index >= 15 is 0 Å². The number of rotatable bonds is 6. The molecule has 0 saturated carbocycles. The lowest BCUT2D eigenvalue weighted by Gasteiger charge is -2.22. The fourth-order valence-corrected chi connectivity index (χ4v) is 3.73. The average Bonchev–Trinajstić information content (AvgIpc) is 3.05. The van der Waals surface area contributed by atoms with Crippen LogP contribution in [-0.2, 0) is 0 Å². The van der Waals surface area contributed by atoms with Gasteiger partial charge in [0.2, 0.25) is 0 Å².